The van der Waals surface area contributed by atoms with Gasteiger partial charge in [0.25, 0.3) is 5.91 Å². The summed E-state index contributed by atoms with van der Waals surface area (Å²) in [7, 11) is 0. The molecule has 23 heavy (non-hydrogen) atoms. The van der Waals surface area contributed by atoms with E-state index in [0.29, 0.717) is 22.6 Å². The normalized spacial score (nSPS) is 13.9. The largest absolute Gasteiger partial charge is 0.507 e. The van der Waals surface area contributed by atoms with Crippen molar-refractivity contribution < 1.29 is 14.3 Å². The van der Waals surface area contributed by atoms with E-state index in [9.17, 15) is 14.3 Å². The molecule has 0 radical (unpaired) electrons. The van der Waals surface area contributed by atoms with E-state index in [-0.39, 0.29) is 11.7 Å². The lowest BCUT2D eigenvalue weighted by atomic mass is 10.1. The first-order valence-electron chi connectivity index (χ1n) is 7.56. The van der Waals surface area contributed by atoms with Gasteiger partial charge in [-0.05, 0) is 55.5 Å². The van der Waals surface area contributed by atoms with E-state index in [0.717, 1.165) is 19.3 Å². The maximum Gasteiger partial charge on any atom is 0.281 e. The summed E-state index contributed by atoms with van der Waals surface area (Å²) in [5.74, 6) is -0.789. The Bertz CT molecular complexity index is 761. The second-order valence-corrected chi connectivity index (χ2v) is 6.56. The van der Waals surface area contributed by atoms with Crippen LogP contribution >= 0.6 is 11.3 Å². The van der Waals surface area contributed by atoms with Crippen LogP contribution in [0.25, 0.3) is 0 Å². The number of aromatic hydroxyl groups is 1. The minimum atomic E-state index is -0.458. The van der Waals surface area contributed by atoms with Crippen LogP contribution in [0.1, 0.15) is 45.4 Å². The monoisotopic (exact) mass is 332 g/mol. The predicted molar refractivity (Wildman–Crippen MR) is 88.7 cm³/mol. The third-order valence-corrected chi connectivity index (χ3v) is 5.10. The molecule has 0 fully saturated rings. The summed E-state index contributed by atoms with van der Waals surface area (Å²) >= 11 is 1.50. The molecule has 1 amide bonds. The van der Waals surface area contributed by atoms with Gasteiger partial charge in [-0.3, -0.25) is 4.79 Å². The third kappa shape index (κ3) is 3.27. The number of aryl methyl sites for hydroxylation is 2. The number of thiophene rings is 1. The van der Waals surface area contributed by atoms with Gasteiger partial charge in [0.1, 0.15) is 11.6 Å². The molecular formula is C17H17FN2O2S. The second kappa shape index (κ2) is 6.50. The molecule has 0 saturated carbocycles. The molecule has 0 atom stereocenters. The van der Waals surface area contributed by atoms with E-state index in [1.807, 2.05) is 13.0 Å². The van der Waals surface area contributed by atoms with Crippen LogP contribution in [0.15, 0.2) is 29.4 Å². The molecule has 0 spiro atoms. The Hall–Kier alpha value is -2.21. The van der Waals surface area contributed by atoms with E-state index >= 15 is 0 Å². The quantitative estimate of drug-likeness (QED) is 0.663. The molecule has 1 aliphatic carbocycles. The van der Waals surface area contributed by atoms with Gasteiger partial charge in [-0.1, -0.05) is 6.92 Å². The Labute approximate surface area is 137 Å². The van der Waals surface area contributed by atoms with E-state index in [1.165, 1.54) is 40.0 Å². The average Bonchev–Trinajstić information content (AvgIpc) is 3.12. The van der Waals surface area contributed by atoms with Gasteiger partial charge < -0.3 is 5.11 Å². The van der Waals surface area contributed by atoms with Crippen molar-refractivity contribution in [3.8, 4) is 5.75 Å². The number of carbonyl (C=O) groups excluding carboxylic acids is 1. The molecule has 2 aromatic rings. The standard InChI is InChI=1S/C17H17FN2O2S/c1-2-13(12-9-11(18)6-7-14(12)21)19-20-17(22)16-8-10-4-3-5-15(10)23-16/h6-9,21H,2-5H2,1H3,(H,20,22)/b19-13+. The molecule has 6 heteroatoms. The molecule has 0 bridgehead atoms. The van der Waals surface area contributed by atoms with Gasteiger partial charge in [-0.25, -0.2) is 9.82 Å². The summed E-state index contributed by atoms with van der Waals surface area (Å²) in [6.45, 7) is 1.83. The molecule has 0 unspecified atom stereocenters. The first kappa shape index (κ1) is 15.7. The number of carbonyl (C=O) groups is 1. The van der Waals surface area contributed by atoms with Gasteiger partial charge in [-0.15, -0.1) is 11.3 Å². The average molecular weight is 332 g/mol. The Balaban J connectivity index is 1.78. The molecule has 1 aliphatic rings. The second-order valence-electron chi connectivity index (χ2n) is 5.43. The van der Waals surface area contributed by atoms with Crippen LogP contribution in [0.5, 0.6) is 5.75 Å². The fourth-order valence-corrected chi connectivity index (χ4v) is 3.83. The van der Waals surface area contributed by atoms with E-state index in [1.54, 1.807) is 0 Å². The third-order valence-electron chi connectivity index (χ3n) is 3.87. The van der Waals surface area contributed by atoms with Crippen molar-refractivity contribution in [2.75, 3.05) is 0 Å². The molecule has 2 N–H and O–H groups in total. The smallest absolute Gasteiger partial charge is 0.281 e. The molecule has 1 aromatic carbocycles. The van der Waals surface area contributed by atoms with Gasteiger partial charge in [0.05, 0.1) is 10.6 Å². The predicted octanol–water partition coefficient (Wildman–Crippen LogP) is 3.63. The number of fused-ring (bicyclic) bond motifs is 1. The highest BCUT2D eigenvalue weighted by atomic mass is 32.1. The Morgan fingerprint density at radius 3 is 2.96 bits per heavy atom. The van der Waals surface area contributed by atoms with Gasteiger partial charge >= 0.3 is 0 Å². The maximum absolute atomic E-state index is 13.3. The van der Waals surface area contributed by atoms with Crippen molar-refractivity contribution in [2.45, 2.75) is 32.6 Å². The lowest BCUT2D eigenvalue weighted by Crippen LogP contribution is -2.19. The number of nitrogens with one attached hydrogen (secondary N) is 1. The number of amides is 1. The van der Waals surface area contributed by atoms with Crippen molar-refractivity contribution in [2.24, 2.45) is 5.10 Å². The highest BCUT2D eigenvalue weighted by molar-refractivity contribution is 7.14. The SMILES string of the molecule is CC/C(=N\NC(=O)c1cc2c(s1)CCC2)c1cc(F)ccc1O. The van der Waals surface area contributed by atoms with Crippen molar-refractivity contribution in [1.29, 1.82) is 0 Å². The van der Waals surface area contributed by atoms with Crippen molar-refractivity contribution in [3.63, 3.8) is 0 Å². The fraction of sp³-hybridized carbons (Fsp3) is 0.294. The summed E-state index contributed by atoms with van der Waals surface area (Å²) in [6, 6.07) is 5.59. The number of phenolic OH excluding ortho intramolecular Hbond substituents is 1. The zero-order chi connectivity index (χ0) is 16.4. The number of phenols is 1. The van der Waals surface area contributed by atoms with Crippen LogP contribution in [-0.2, 0) is 12.8 Å². The van der Waals surface area contributed by atoms with Gasteiger partial charge in [0, 0.05) is 10.4 Å². The van der Waals surface area contributed by atoms with Gasteiger partial charge in [0.15, 0.2) is 0 Å². The molecule has 4 nitrogen and oxygen atoms in total. The molecule has 1 aromatic heterocycles. The van der Waals surface area contributed by atoms with E-state index in [4.69, 9.17) is 0 Å². The summed E-state index contributed by atoms with van der Waals surface area (Å²) in [6.07, 6.45) is 3.67. The minimum Gasteiger partial charge on any atom is -0.507 e. The summed E-state index contributed by atoms with van der Waals surface area (Å²) < 4.78 is 13.3. The first-order valence-corrected chi connectivity index (χ1v) is 8.37. The molecular weight excluding hydrogens is 315 g/mol. The summed E-state index contributed by atoms with van der Waals surface area (Å²) in [4.78, 5) is 14.1. The molecule has 3 rings (SSSR count). The minimum absolute atomic E-state index is 0.0589. The Kier molecular flexibility index (Phi) is 4.43. The van der Waals surface area contributed by atoms with Crippen molar-refractivity contribution >= 4 is 23.0 Å². The maximum atomic E-state index is 13.3. The first-order chi connectivity index (χ1) is 11.1. The van der Waals surface area contributed by atoms with Crippen molar-refractivity contribution in [1.82, 2.24) is 5.43 Å². The molecule has 0 aliphatic heterocycles. The Morgan fingerprint density at radius 2 is 2.22 bits per heavy atom. The lowest BCUT2D eigenvalue weighted by molar-refractivity contribution is 0.0958. The fourth-order valence-electron chi connectivity index (χ4n) is 2.68. The number of hydrogen-bond acceptors (Lipinski definition) is 4. The molecule has 120 valence electrons. The molecule has 1 heterocycles. The number of hydrazone groups is 1. The van der Waals surface area contributed by atoms with Crippen LogP contribution in [0.3, 0.4) is 0 Å². The highest BCUT2D eigenvalue weighted by Gasteiger charge is 2.18. The van der Waals surface area contributed by atoms with E-state index < -0.39 is 5.82 Å². The van der Waals surface area contributed by atoms with Crippen molar-refractivity contribution in [3.05, 3.63) is 51.0 Å². The highest BCUT2D eigenvalue weighted by Crippen LogP contribution is 2.30. The van der Waals surface area contributed by atoms with Gasteiger partial charge in [0.2, 0.25) is 0 Å². The van der Waals surface area contributed by atoms with E-state index in [2.05, 4.69) is 10.5 Å². The van der Waals surface area contributed by atoms with Crippen LogP contribution in [0.4, 0.5) is 4.39 Å². The zero-order valence-electron chi connectivity index (χ0n) is 12.7. The number of hydrogen-bond donors (Lipinski definition) is 2. The lowest BCUT2D eigenvalue weighted by Gasteiger charge is -2.07. The summed E-state index contributed by atoms with van der Waals surface area (Å²) in [5, 5.41) is 13.9. The van der Waals surface area contributed by atoms with Crippen LogP contribution in [0, 0.1) is 5.82 Å². The van der Waals surface area contributed by atoms with Crippen LogP contribution < -0.4 is 5.43 Å². The number of halogens is 1. The summed E-state index contributed by atoms with van der Waals surface area (Å²) in [5.41, 5.74) is 4.49. The number of nitrogens with zero attached hydrogens (tertiary/aromatic N) is 1. The van der Waals surface area contributed by atoms with Crippen LogP contribution in [0.2, 0.25) is 0 Å². The number of rotatable bonds is 4. The molecule has 0 saturated heterocycles. The topological polar surface area (TPSA) is 61.7 Å². The Morgan fingerprint density at radius 1 is 1.39 bits per heavy atom. The van der Waals surface area contributed by atoms with Crippen LogP contribution in [-0.4, -0.2) is 16.7 Å². The number of benzene rings is 1. The zero-order valence-corrected chi connectivity index (χ0v) is 13.5. The van der Waals surface area contributed by atoms with Gasteiger partial charge in [-0.2, -0.15) is 5.10 Å².